The van der Waals surface area contributed by atoms with E-state index in [9.17, 15) is 27.9 Å². The van der Waals surface area contributed by atoms with Crippen LogP contribution in [-0.2, 0) is 22.2 Å². The van der Waals surface area contributed by atoms with E-state index in [1.54, 1.807) is 19.9 Å². The van der Waals surface area contributed by atoms with Gasteiger partial charge in [-0.3, -0.25) is 14.3 Å². The Kier molecular flexibility index (Phi) is 9.38. The van der Waals surface area contributed by atoms with E-state index in [-0.39, 0.29) is 40.7 Å². The van der Waals surface area contributed by atoms with Crippen LogP contribution in [0.4, 0.5) is 17.6 Å². The monoisotopic (exact) mass is 576 g/mol. The first kappa shape index (κ1) is 31.5. The third kappa shape index (κ3) is 6.82. The van der Waals surface area contributed by atoms with Crippen LogP contribution >= 0.6 is 0 Å². The number of nitriles is 1. The van der Waals surface area contributed by atoms with Gasteiger partial charge in [-0.25, -0.2) is 9.38 Å². The largest absolute Gasteiger partial charge is 0.422 e. The van der Waals surface area contributed by atoms with E-state index in [2.05, 4.69) is 27.4 Å². The number of carbonyl (C=O) groups excluding carboxylic acids is 2. The highest BCUT2D eigenvalue weighted by Crippen LogP contribution is 2.42. The molecule has 0 radical (unpaired) electrons. The molecule has 41 heavy (non-hydrogen) atoms. The number of carbonyl (C=O) groups is 2. The van der Waals surface area contributed by atoms with Crippen molar-refractivity contribution in [3.63, 3.8) is 0 Å². The number of aliphatic hydroxyl groups is 1. The summed E-state index contributed by atoms with van der Waals surface area (Å²) in [6.07, 6.45) is -1.59. The summed E-state index contributed by atoms with van der Waals surface area (Å²) < 4.78 is 57.1. The Labute approximate surface area is 234 Å². The molecule has 9 nitrogen and oxygen atoms in total. The molecule has 2 amide bonds. The highest BCUT2D eigenvalue weighted by atomic mass is 19.4. The van der Waals surface area contributed by atoms with Gasteiger partial charge in [0, 0.05) is 24.4 Å². The number of fused-ring (bicyclic) bond motifs is 1. The number of nitrogens with zero attached hydrogens (tertiary/aromatic N) is 4. The molecule has 0 spiro atoms. The van der Waals surface area contributed by atoms with Crippen molar-refractivity contribution >= 4 is 35.0 Å². The Morgan fingerprint density at radius 2 is 2.00 bits per heavy atom. The number of rotatable bonds is 8. The lowest BCUT2D eigenvalue weighted by atomic mass is 9.85. The standard InChI is InChI=1S/C28H32F4N6O3/c1-15(2)19(14-22(34-4)36-26(40)16-7-6-8-18(11-16)35-23(39)9-10-33)17-12-20-24(21(29)13-17)37-38(5)25(20)27(3,41)28(30,31)32/h12-14,16,18,41H,4,6-9,11H2,1-3,5H3,(H,35,39)(H,36,40)/b22-14+/t16-,18+,27+/m0/s1. The second-order valence-electron chi connectivity index (χ2n) is 10.4. The quantitative estimate of drug-likeness (QED) is 0.242. The van der Waals surface area contributed by atoms with E-state index >= 15 is 4.39 Å². The molecule has 0 aliphatic heterocycles. The number of hydrogen-bond acceptors (Lipinski definition) is 6. The van der Waals surface area contributed by atoms with Crippen LogP contribution < -0.4 is 10.6 Å². The van der Waals surface area contributed by atoms with Gasteiger partial charge < -0.3 is 15.7 Å². The van der Waals surface area contributed by atoms with Crippen molar-refractivity contribution in [2.24, 2.45) is 18.0 Å². The van der Waals surface area contributed by atoms with Crippen molar-refractivity contribution < 1.29 is 32.3 Å². The molecule has 13 heteroatoms. The minimum absolute atomic E-state index is 0.0380. The number of allylic oxidation sites excluding steroid dienone is 3. The number of alkyl halides is 3. The number of amides is 2. The predicted molar refractivity (Wildman–Crippen MR) is 144 cm³/mol. The first-order chi connectivity index (χ1) is 19.1. The number of hydrogen-bond donors (Lipinski definition) is 3. The van der Waals surface area contributed by atoms with Gasteiger partial charge in [0.15, 0.2) is 11.4 Å². The molecule has 3 rings (SSSR count). The van der Waals surface area contributed by atoms with E-state index in [1.807, 2.05) is 0 Å². The number of aliphatic imine (C=N–C) groups is 1. The second kappa shape index (κ2) is 12.2. The van der Waals surface area contributed by atoms with Crippen LogP contribution in [0.15, 0.2) is 34.6 Å². The normalized spacial score (nSPS) is 19.2. The van der Waals surface area contributed by atoms with Gasteiger partial charge in [0.1, 0.15) is 17.8 Å². The molecule has 1 aromatic heterocycles. The lowest BCUT2D eigenvalue weighted by Gasteiger charge is -2.28. The molecular weight excluding hydrogens is 544 g/mol. The van der Waals surface area contributed by atoms with E-state index in [0.29, 0.717) is 43.8 Å². The lowest BCUT2D eigenvalue weighted by molar-refractivity contribution is -0.260. The summed E-state index contributed by atoms with van der Waals surface area (Å²) in [6, 6.07) is 3.94. The maximum atomic E-state index is 15.2. The summed E-state index contributed by atoms with van der Waals surface area (Å²) in [5.74, 6) is -2.08. The summed E-state index contributed by atoms with van der Waals surface area (Å²) in [6.45, 7) is 7.47. The third-order valence-corrected chi connectivity index (χ3v) is 7.11. The maximum absolute atomic E-state index is 15.2. The van der Waals surface area contributed by atoms with Crippen LogP contribution in [0.3, 0.4) is 0 Å². The van der Waals surface area contributed by atoms with Gasteiger partial charge in [-0.15, -0.1) is 0 Å². The fourth-order valence-corrected chi connectivity index (χ4v) is 5.03. The highest BCUT2D eigenvalue weighted by molar-refractivity contribution is 5.90. The molecule has 220 valence electrons. The van der Waals surface area contributed by atoms with Crippen molar-refractivity contribution in [2.75, 3.05) is 0 Å². The minimum atomic E-state index is -5.06. The number of aryl methyl sites for hydroxylation is 1. The highest BCUT2D eigenvalue weighted by Gasteiger charge is 2.54. The minimum Gasteiger partial charge on any atom is -0.375 e. The molecule has 1 heterocycles. The molecule has 0 bridgehead atoms. The van der Waals surface area contributed by atoms with E-state index in [0.717, 1.165) is 10.7 Å². The maximum Gasteiger partial charge on any atom is 0.422 e. The fraction of sp³-hybridized carbons (Fsp3) is 0.464. The zero-order valence-corrected chi connectivity index (χ0v) is 23.2. The van der Waals surface area contributed by atoms with Gasteiger partial charge >= 0.3 is 6.18 Å². The molecule has 0 unspecified atom stereocenters. The van der Waals surface area contributed by atoms with E-state index in [4.69, 9.17) is 5.26 Å². The molecule has 3 N–H and O–H groups in total. The van der Waals surface area contributed by atoms with Crippen LogP contribution in [0, 0.1) is 23.1 Å². The van der Waals surface area contributed by atoms with Crippen LogP contribution in [0.1, 0.15) is 64.1 Å². The SMILES string of the molecule is C=N/C(=C\C(=C(C)C)c1cc(F)c2nn(C)c([C@@](C)(O)C(F)(F)F)c2c1)NC(=O)[C@H]1CCC[C@@H](NC(=O)CC#N)C1. The van der Waals surface area contributed by atoms with Crippen molar-refractivity contribution in [2.45, 2.75) is 70.7 Å². The van der Waals surface area contributed by atoms with Gasteiger partial charge in [0.25, 0.3) is 0 Å². The van der Waals surface area contributed by atoms with Crippen LogP contribution in [0.2, 0.25) is 0 Å². The Balaban J connectivity index is 1.95. The van der Waals surface area contributed by atoms with Gasteiger partial charge in [-0.05, 0) is 76.1 Å². The summed E-state index contributed by atoms with van der Waals surface area (Å²) in [7, 11) is 1.19. The Bertz CT molecular complexity index is 1460. The topological polar surface area (TPSA) is 132 Å². The van der Waals surface area contributed by atoms with Crippen LogP contribution in [0.5, 0.6) is 0 Å². The summed E-state index contributed by atoms with van der Waals surface area (Å²) >= 11 is 0. The molecule has 2 aromatic rings. The average Bonchev–Trinajstić information content (AvgIpc) is 3.22. The second-order valence-corrected chi connectivity index (χ2v) is 10.4. The summed E-state index contributed by atoms with van der Waals surface area (Å²) in [5.41, 5.74) is -3.10. The smallest absolute Gasteiger partial charge is 0.375 e. The first-order valence-electron chi connectivity index (χ1n) is 12.9. The molecule has 0 saturated heterocycles. The Morgan fingerprint density at radius 3 is 2.59 bits per heavy atom. The Morgan fingerprint density at radius 1 is 1.32 bits per heavy atom. The van der Waals surface area contributed by atoms with Crippen molar-refractivity contribution in [3.05, 3.63) is 46.7 Å². The molecule has 1 saturated carbocycles. The van der Waals surface area contributed by atoms with Crippen LogP contribution in [-0.4, -0.2) is 45.6 Å². The van der Waals surface area contributed by atoms with E-state index in [1.165, 1.54) is 19.2 Å². The lowest BCUT2D eigenvalue weighted by Crippen LogP contribution is -2.42. The van der Waals surface area contributed by atoms with Gasteiger partial charge in [0.05, 0.1) is 11.8 Å². The van der Waals surface area contributed by atoms with Crippen molar-refractivity contribution in [1.82, 2.24) is 20.4 Å². The number of nitrogens with one attached hydrogen (secondary N) is 2. The zero-order chi connectivity index (χ0) is 30.7. The first-order valence-corrected chi connectivity index (χ1v) is 12.9. The summed E-state index contributed by atoms with van der Waals surface area (Å²) in [5, 5.41) is 28.2. The number of benzene rings is 1. The third-order valence-electron chi connectivity index (χ3n) is 7.11. The molecule has 3 atom stereocenters. The zero-order valence-electron chi connectivity index (χ0n) is 23.2. The van der Waals surface area contributed by atoms with Crippen LogP contribution in [0.25, 0.3) is 16.5 Å². The van der Waals surface area contributed by atoms with Gasteiger partial charge in [0.2, 0.25) is 11.8 Å². The fourth-order valence-electron chi connectivity index (χ4n) is 5.03. The molecule has 1 aromatic carbocycles. The Hall–Kier alpha value is -4.05. The van der Waals surface area contributed by atoms with Crippen molar-refractivity contribution in [3.8, 4) is 6.07 Å². The van der Waals surface area contributed by atoms with Gasteiger partial charge in [-0.1, -0.05) is 12.0 Å². The van der Waals surface area contributed by atoms with E-state index < -0.39 is 35.1 Å². The van der Waals surface area contributed by atoms with Gasteiger partial charge in [-0.2, -0.15) is 23.5 Å². The molecular formula is C28H32F4N6O3. The molecule has 1 aliphatic rings. The average molecular weight is 577 g/mol. The number of halogens is 4. The molecule has 1 aliphatic carbocycles. The number of aromatic nitrogens is 2. The summed E-state index contributed by atoms with van der Waals surface area (Å²) in [4.78, 5) is 28.7. The molecule has 1 fully saturated rings. The predicted octanol–water partition coefficient (Wildman–Crippen LogP) is 4.52. The van der Waals surface area contributed by atoms with Crippen molar-refractivity contribution in [1.29, 1.82) is 5.26 Å².